The Morgan fingerprint density at radius 3 is 2.43 bits per heavy atom. The van der Waals surface area contributed by atoms with E-state index in [2.05, 4.69) is 10.6 Å². The molecule has 1 unspecified atom stereocenters. The van der Waals surface area contributed by atoms with Gasteiger partial charge in [-0.15, -0.1) is 0 Å². The van der Waals surface area contributed by atoms with Gasteiger partial charge in [-0.25, -0.2) is 4.39 Å². The van der Waals surface area contributed by atoms with Crippen molar-refractivity contribution < 1.29 is 19.1 Å². The summed E-state index contributed by atoms with van der Waals surface area (Å²) >= 11 is 0. The molecular formula is C15H21FN2O3. The second-order valence-corrected chi connectivity index (χ2v) is 4.84. The molecule has 0 saturated carbocycles. The molecule has 2 amide bonds. The molecule has 0 saturated heterocycles. The van der Waals surface area contributed by atoms with E-state index >= 15 is 0 Å². The van der Waals surface area contributed by atoms with Crippen LogP contribution in [0.1, 0.15) is 26.2 Å². The number of hydrogen-bond acceptors (Lipinski definition) is 3. The van der Waals surface area contributed by atoms with Gasteiger partial charge < -0.3 is 15.7 Å². The minimum absolute atomic E-state index is 0.0579. The van der Waals surface area contributed by atoms with Gasteiger partial charge in [-0.2, -0.15) is 0 Å². The van der Waals surface area contributed by atoms with E-state index in [1.54, 1.807) is 0 Å². The number of carbonyl (C=O) groups is 2. The summed E-state index contributed by atoms with van der Waals surface area (Å²) in [5.74, 6) is -1.79. The topological polar surface area (TPSA) is 78.4 Å². The second-order valence-electron chi connectivity index (χ2n) is 4.84. The van der Waals surface area contributed by atoms with Crippen LogP contribution in [0.4, 0.5) is 10.1 Å². The molecule has 0 aliphatic heterocycles. The number of aliphatic hydroxyl groups is 1. The van der Waals surface area contributed by atoms with Crippen molar-refractivity contribution in [2.24, 2.45) is 5.92 Å². The molecule has 116 valence electrons. The van der Waals surface area contributed by atoms with Crippen LogP contribution in [0.25, 0.3) is 0 Å². The predicted molar refractivity (Wildman–Crippen MR) is 78.1 cm³/mol. The van der Waals surface area contributed by atoms with Gasteiger partial charge in [-0.3, -0.25) is 9.59 Å². The number of nitrogens with one attached hydrogen (secondary N) is 2. The molecule has 0 heterocycles. The first-order valence-corrected chi connectivity index (χ1v) is 7.02. The quantitative estimate of drug-likeness (QED) is 0.670. The van der Waals surface area contributed by atoms with Crippen LogP contribution in [-0.4, -0.2) is 30.1 Å². The molecular weight excluding hydrogens is 275 g/mol. The highest BCUT2D eigenvalue weighted by atomic mass is 19.1. The zero-order valence-electron chi connectivity index (χ0n) is 12.1. The molecule has 21 heavy (non-hydrogen) atoms. The summed E-state index contributed by atoms with van der Waals surface area (Å²) in [4.78, 5) is 23.3. The van der Waals surface area contributed by atoms with E-state index in [0.29, 0.717) is 18.7 Å². The Balaban J connectivity index is 2.43. The zero-order chi connectivity index (χ0) is 15.7. The molecule has 6 heteroatoms. The molecule has 0 bridgehead atoms. The van der Waals surface area contributed by atoms with Gasteiger partial charge >= 0.3 is 11.8 Å². The lowest BCUT2D eigenvalue weighted by atomic mass is 10.0. The molecule has 1 aromatic rings. The largest absolute Gasteiger partial charge is 0.396 e. The fraction of sp³-hybridized carbons (Fsp3) is 0.467. The van der Waals surface area contributed by atoms with Crippen LogP contribution in [0, 0.1) is 11.7 Å². The number of amides is 2. The molecule has 0 aliphatic carbocycles. The van der Waals surface area contributed by atoms with Gasteiger partial charge in [-0.1, -0.05) is 13.3 Å². The van der Waals surface area contributed by atoms with Crippen LogP contribution in [-0.2, 0) is 9.59 Å². The summed E-state index contributed by atoms with van der Waals surface area (Å²) in [5, 5.41) is 13.9. The Morgan fingerprint density at radius 2 is 1.86 bits per heavy atom. The highest BCUT2D eigenvalue weighted by Gasteiger charge is 2.15. The Kier molecular flexibility index (Phi) is 7.39. The van der Waals surface area contributed by atoms with Crippen molar-refractivity contribution in [1.82, 2.24) is 5.32 Å². The first-order valence-electron chi connectivity index (χ1n) is 7.02. The Hall–Kier alpha value is -1.95. The number of carbonyl (C=O) groups excluding carboxylic acids is 2. The maximum Gasteiger partial charge on any atom is 0.313 e. The highest BCUT2D eigenvalue weighted by Crippen LogP contribution is 2.10. The monoisotopic (exact) mass is 296 g/mol. The molecule has 0 aliphatic rings. The van der Waals surface area contributed by atoms with E-state index < -0.39 is 17.6 Å². The normalized spacial score (nSPS) is 11.8. The summed E-state index contributed by atoms with van der Waals surface area (Å²) in [6.45, 7) is 2.43. The van der Waals surface area contributed by atoms with E-state index in [0.717, 1.165) is 12.8 Å². The lowest BCUT2D eigenvalue weighted by molar-refractivity contribution is -0.136. The van der Waals surface area contributed by atoms with Crippen molar-refractivity contribution in [2.75, 3.05) is 18.5 Å². The van der Waals surface area contributed by atoms with Crippen LogP contribution in [0.2, 0.25) is 0 Å². The number of anilines is 1. The maximum atomic E-state index is 12.7. The van der Waals surface area contributed by atoms with Crippen LogP contribution in [0.5, 0.6) is 0 Å². The Labute approximate surface area is 123 Å². The second kappa shape index (κ2) is 9.07. The first-order chi connectivity index (χ1) is 10.1. The van der Waals surface area contributed by atoms with Crippen molar-refractivity contribution in [2.45, 2.75) is 26.2 Å². The van der Waals surface area contributed by atoms with Crippen molar-refractivity contribution in [3.63, 3.8) is 0 Å². The maximum absolute atomic E-state index is 12.7. The highest BCUT2D eigenvalue weighted by molar-refractivity contribution is 6.39. The number of hydrogen-bond donors (Lipinski definition) is 3. The predicted octanol–water partition coefficient (Wildman–Crippen LogP) is 1.68. The van der Waals surface area contributed by atoms with Crippen molar-refractivity contribution in [1.29, 1.82) is 0 Å². The molecule has 5 nitrogen and oxygen atoms in total. The molecule has 0 aromatic heterocycles. The van der Waals surface area contributed by atoms with E-state index in [-0.39, 0.29) is 12.5 Å². The van der Waals surface area contributed by atoms with E-state index in [1.165, 1.54) is 24.3 Å². The minimum Gasteiger partial charge on any atom is -0.396 e. The SMILES string of the molecule is CCCC(CCO)CNC(=O)C(=O)Nc1ccc(F)cc1. The van der Waals surface area contributed by atoms with Gasteiger partial charge in [0.2, 0.25) is 0 Å². The van der Waals surface area contributed by atoms with Gasteiger partial charge in [0.05, 0.1) is 0 Å². The van der Waals surface area contributed by atoms with Crippen LogP contribution < -0.4 is 10.6 Å². The van der Waals surface area contributed by atoms with E-state index in [1.807, 2.05) is 6.92 Å². The van der Waals surface area contributed by atoms with Gasteiger partial charge in [0.15, 0.2) is 0 Å². The number of aliphatic hydroxyl groups excluding tert-OH is 1. The smallest absolute Gasteiger partial charge is 0.313 e. The minimum atomic E-state index is -0.791. The van der Waals surface area contributed by atoms with Crippen molar-refractivity contribution >= 4 is 17.5 Å². The van der Waals surface area contributed by atoms with Gasteiger partial charge in [0, 0.05) is 18.8 Å². The number of halogens is 1. The summed E-state index contributed by atoms with van der Waals surface area (Å²) < 4.78 is 12.7. The van der Waals surface area contributed by atoms with Gasteiger partial charge in [0.25, 0.3) is 0 Å². The van der Waals surface area contributed by atoms with Crippen LogP contribution >= 0.6 is 0 Å². The molecule has 0 fully saturated rings. The third-order valence-corrected chi connectivity index (χ3v) is 3.09. The lowest BCUT2D eigenvalue weighted by Crippen LogP contribution is -2.38. The Bertz CT molecular complexity index is 456. The number of rotatable bonds is 7. The molecule has 0 radical (unpaired) electrons. The molecule has 3 N–H and O–H groups in total. The number of benzene rings is 1. The zero-order valence-corrected chi connectivity index (χ0v) is 12.1. The average Bonchev–Trinajstić information content (AvgIpc) is 2.47. The third-order valence-electron chi connectivity index (χ3n) is 3.09. The first kappa shape index (κ1) is 17.1. The fourth-order valence-electron chi connectivity index (χ4n) is 1.98. The third kappa shape index (κ3) is 6.35. The molecule has 0 spiro atoms. The van der Waals surface area contributed by atoms with Crippen molar-refractivity contribution in [3.05, 3.63) is 30.1 Å². The standard InChI is InChI=1S/C15H21FN2O3/c1-2-3-11(8-9-19)10-17-14(20)15(21)18-13-6-4-12(16)5-7-13/h4-7,11,19H,2-3,8-10H2,1H3,(H,17,20)(H,18,21). The van der Waals surface area contributed by atoms with Crippen LogP contribution in [0.3, 0.4) is 0 Å². The summed E-state index contributed by atoms with van der Waals surface area (Å²) in [5.41, 5.74) is 0.358. The Morgan fingerprint density at radius 1 is 1.19 bits per heavy atom. The molecule has 1 aromatic carbocycles. The lowest BCUT2D eigenvalue weighted by Gasteiger charge is -2.15. The summed E-state index contributed by atoms with van der Waals surface area (Å²) in [7, 11) is 0. The van der Waals surface area contributed by atoms with E-state index in [9.17, 15) is 14.0 Å². The van der Waals surface area contributed by atoms with Gasteiger partial charge in [0.1, 0.15) is 5.82 Å². The van der Waals surface area contributed by atoms with Gasteiger partial charge in [-0.05, 0) is 43.0 Å². The van der Waals surface area contributed by atoms with E-state index in [4.69, 9.17) is 5.11 Å². The van der Waals surface area contributed by atoms with Crippen LogP contribution in [0.15, 0.2) is 24.3 Å². The molecule has 1 rings (SSSR count). The summed E-state index contributed by atoms with van der Waals surface area (Å²) in [6, 6.07) is 5.16. The van der Waals surface area contributed by atoms with Crippen molar-refractivity contribution in [3.8, 4) is 0 Å². The average molecular weight is 296 g/mol. The fourth-order valence-corrected chi connectivity index (χ4v) is 1.98. The molecule has 1 atom stereocenters. The summed E-state index contributed by atoms with van der Waals surface area (Å²) in [6.07, 6.45) is 2.41.